The monoisotopic (exact) mass is 591 g/mol. The third-order valence-electron chi connectivity index (χ3n) is 6.35. The second-order valence-corrected chi connectivity index (χ2v) is 12.5. The standard InChI is InChI=1S/C29H33N7O5S/c1-18-7-8-20(13-25(18)36-17-24(33-35-36)28(38)31-16-19-9-11-30-12-10-19)27(37)32-22-14-21(29(2,3)4)15-23(26(22)41-5)34-42(6,39)40/h7-15,17,34H,16H2,1-6H3,(H,31,38)(H,32,37). The maximum absolute atomic E-state index is 13.4. The van der Waals surface area contributed by atoms with Gasteiger partial charge in [0.1, 0.15) is 0 Å². The zero-order chi connectivity index (χ0) is 30.7. The van der Waals surface area contributed by atoms with E-state index in [1.165, 1.54) is 18.0 Å². The van der Waals surface area contributed by atoms with Crippen LogP contribution in [0.15, 0.2) is 61.1 Å². The number of methoxy groups -OCH3 is 1. The Morgan fingerprint density at radius 3 is 2.33 bits per heavy atom. The minimum Gasteiger partial charge on any atom is -0.492 e. The van der Waals surface area contributed by atoms with Crippen molar-refractivity contribution >= 4 is 33.2 Å². The lowest BCUT2D eigenvalue weighted by Crippen LogP contribution is -2.23. The topological polar surface area (TPSA) is 157 Å². The largest absolute Gasteiger partial charge is 0.492 e. The summed E-state index contributed by atoms with van der Waals surface area (Å²) in [6.45, 7) is 8.08. The number of amides is 2. The van der Waals surface area contributed by atoms with E-state index in [-0.39, 0.29) is 22.5 Å². The number of aromatic nitrogens is 4. The third kappa shape index (κ3) is 7.29. The third-order valence-corrected chi connectivity index (χ3v) is 6.94. The Balaban J connectivity index is 1.60. The highest BCUT2D eigenvalue weighted by Gasteiger charge is 2.23. The SMILES string of the molecule is COc1c(NC(=O)c2ccc(C)c(-n3cc(C(=O)NCc4ccncc4)nn3)c2)cc(C(C)(C)C)cc1NS(C)(=O)=O. The summed E-state index contributed by atoms with van der Waals surface area (Å²) in [5.41, 5.74) is 3.61. The first-order chi connectivity index (χ1) is 19.7. The van der Waals surface area contributed by atoms with Crippen molar-refractivity contribution in [3.63, 3.8) is 0 Å². The van der Waals surface area contributed by atoms with Crippen molar-refractivity contribution < 1.29 is 22.7 Å². The van der Waals surface area contributed by atoms with E-state index in [9.17, 15) is 18.0 Å². The Morgan fingerprint density at radius 2 is 1.69 bits per heavy atom. The Kier molecular flexibility index (Phi) is 8.62. The van der Waals surface area contributed by atoms with Crippen molar-refractivity contribution in [2.24, 2.45) is 0 Å². The smallest absolute Gasteiger partial charge is 0.273 e. The van der Waals surface area contributed by atoms with Crippen molar-refractivity contribution in [1.29, 1.82) is 0 Å². The number of carbonyl (C=O) groups is 2. The number of ether oxygens (including phenoxy) is 1. The Hall–Kier alpha value is -4.78. The molecule has 4 rings (SSSR count). The van der Waals surface area contributed by atoms with Crippen molar-refractivity contribution in [1.82, 2.24) is 25.3 Å². The van der Waals surface area contributed by atoms with Crippen LogP contribution in [0.5, 0.6) is 5.75 Å². The average molecular weight is 592 g/mol. The van der Waals surface area contributed by atoms with Gasteiger partial charge in [-0.25, -0.2) is 13.1 Å². The van der Waals surface area contributed by atoms with Gasteiger partial charge < -0.3 is 15.4 Å². The number of hydrogen-bond acceptors (Lipinski definition) is 8. The maximum Gasteiger partial charge on any atom is 0.273 e. The Bertz CT molecular complexity index is 1730. The van der Waals surface area contributed by atoms with Gasteiger partial charge in [-0.2, -0.15) is 0 Å². The summed E-state index contributed by atoms with van der Waals surface area (Å²) in [7, 11) is -2.22. The normalized spacial score (nSPS) is 11.6. The highest BCUT2D eigenvalue weighted by atomic mass is 32.2. The van der Waals surface area contributed by atoms with Gasteiger partial charge in [0.05, 0.1) is 36.6 Å². The quantitative estimate of drug-likeness (QED) is 0.265. The van der Waals surface area contributed by atoms with Gasteiger partial charge in [0, 0.05) is 24.5 Å². The van der Waals surface area contributed by atoms with E-state index >= 15 is 0 Å². The van der Waals surface area contributed by atoms with Gasteiger partial charge in [-0.3, -0.25) is 19.3 Å². The Morgan fingerprint density at radius 1 is 1.00 bits per heavy atom. The molecule has 0 saturated carbocycles. The predicted octanol–water partition coefficient (Wildman–Crippen LogP) is 3.83. The Labute approximate surface area is 244 Å². The lowest BCUT2D eigenvalue weighted by Gasteiger charge is -2.24. The number of anilines is 2. The summed E-state index contributed by atoms with van der Waals surface area (Å²) in [6.07, 6.45) is 5.83. The van der Waals surface area contributed by atoms with Crippen LogP contribution in [-0.4, -0.2) is 53.6 Å². The van der Waals surface area contributed by atoms with Crippen LogP contribution >= 0.6 is 0 Å². The molecule has 2 aromatic carbocycles. The van der Waals surface area contributed by atoms with Gasteiger partial charge in [-0.05, 0) is 65.4 Å². The van der Waals surface area contributed by atoms with E-state index in [0.29, 0.717) is 23.5 Å². The fraction of sp³-hybridized carbons (Fsp3) is 0.276. The molecule has 220 valence electrons. The van der Waals surface area contributed by atoms with Gasteiger partial charge in [0.15, 0.2) is 11.4 Å². The van der Waals surface area contributed by atoms with E-state index < -0.39 is 21.8 Å². The van der Waals surface area contributed by atoms with Crippen LogP contribution in [0.25, 0.3) is 5.69 Å². The van der Waals surface area contributed by atoms with Crippen LogP contribution < -0.4 is 20.1 Å². The molecule has 4 aromatic rings. The van der Waals surface area contributed by atoms with Crippen molar-refractivity contribution in [3.05, 3.63) is 89.0 Å². The first-order valence-corrected chi connectivity index (χ1v) is 14.9. The molecule has 2 aromatic heterocycles. The molecule has 3 N–H and O–H groups in total. The van der Waals surface area contributed by atoms with E-state index in [1.807, 2.05) is 27.7 Å². The van der Waals surface area contributed by atoms with Crippen molar-refractivity contribution in [3.8, 4) is 11.4 Å². The summed E-state index contributed by atoms with van der Waals surface area (Å²) < 4.78 is 33.5. The number of nitrogens with zero attached hydrogens (tertiary/aromatic N) is 4. The summed E-state index contributed by atoms with van der Waals surface area (Å²) >= 11 is 0. The molecule has 0 fully saturated rings. The highest BCUT2D eigenvalue weighted by molar-refractivity contribution is 7.92. The lowest BCUT2D eigenvalue weighted by atomic mass is 9.86. The number of rotatable bonds is 9. The molecule has 0 bridgehead atoms. The lowest BCUT2D eigenvalue weighted by molar-refractivity contribution is 0.0945. The molecule has 2 heterocycles. The molecule has 0 unspecified atom stereocenters. The number of aryl methyl sites for hydroxylation is 1. The van der Waals surface area contributed by atoms with Crippen LogP contribution in [0, 0.1) is 6.92 Å². The van der Waals surface area contributed by atoms with E-state index in [0.717, 1.165) is 22.9 Å². The molecule has 2 amide bonds. The maximum atomic E-state index is 13.4. The average Bonchev–Trinajstić information content (AvgIpc) is 3.41. The first-order valence-electron chi connectivity index (χ1n) is 13.0. The number of pyridine rings is 1. The van der Waals surface area contributed by atoms with Gasteiger partial charge in [-0.1, -0.05) is 32.1 Å². The van der Waals surface area contributed by atoms with E-state index in [1.54, 1.807) is 54.9 Å². The number of hydrogen-bond donors (Lipinski definition) is 3. The van der Waals surface area contributed by atoms with Crippen LogP contribution in [0.4, 0.5) is 11.4 Å². The van der Waals surface area contributed by atoms with Crippen LogP contribution in [-0.2, 0) is 22.0 Å². The molecule has 0 radical (unpaired) electrons. The summed E-state index contributed by atoms with van der Waals surface area (Å²) in [4.78, 5) is 30.0. The fourth-order valence-corrected chi connectivity index (χ4v) is 4.65. The molecule has 13 heteroatoms. The summed E-state index contributed by atoms with van der Waals surface area (Å²) in [6, 6.07) is 12.1. The van der Waals surface area contributed by atoms with Crippen LogP contribution in [0.1, 0.15) is 58.3 Å². The minimum absolute atomic E-state index is 0.118. The second-order valence-electron chi connectivity index (χ2n) is 10.8. The van der Waals surface area contributed by atoms with Gasteiger partial charge in [-0.15, -0.1) is 5.10 Å². The molecular weight excluding hydrogens is 558 g/mol. The zero-order valence-corrected chi connectivity index (χ0v) is 25.0. The molecule has 0 spiro atoms. The van der Waals surface area contributed by atoms with Crippen LogP contribution in [0.2, 0.25) is 0 Å². The summed E-state index contributed by atoms with van der Waals surface area (Å²) in [5, 5.41) is 13.7. The van der Waals surface area contributed by atoms with Crippen molar-refractivity contribution in [2.45, 2.75) is 39.7 Å². The zero-order valence-electron chi connectivity index (χ0n) is 24.2. The molecule has 0 aliphatic rings. The molecule has 0 aliphatic carbocycles. The minimum atomic E-state index is -3.62. The number of nitrogens with one attached hydrogen (secondary N) is 3. The predicted molar refractivity (Wildman–Crippen MR) is 160 cm³/mol. The number of carbonyl (C=O) groups excluding carboxylic acids is 2. The molecular formula is C29H33N7O5S. The van der Waals surface area contributed by atoms with Gasteiger partial charge in [0.2, 0.25) is 10.0 Å². The van der Waals surface area contributed by atoms with Gasteiger partial charge >= 0.3 is 0 Å². The molecule has 0 saturated heterocycles. The van der Waals surface area contributed by atoms with Gasteiger partial charge in [0.25, 0.3) is 11.8 Å². The highest BCUT2D eigenvalue weighted by Crippen LogP contribution is 2.39. The number of benzene rings is 2. The molecule has 0 atom stereocenters. The fourth-order valence-electron chi connectivity index (χ4n) is 4.10. The van der Waals surface area contributed by atoms with E-state index in [4.69, 9.17) is 4.74 Å². The van der Waals surface area contributed by atoms with E-state index in [2.05, 4.69) is 30.7 Å². The molecule has 42 heavy (non-hydrogen) atoms. The van der Waals surface area contributed by atoms with Crippen molar-refractivity contribution in [2.75, 3.05) is 23.4 Å². The van der Waals surface area contributed by atoms with Crippen LogP contribution in [0.3, 0.4) is 0 Å². The first kappa shape index (κ1) is 30.2. The molecule has 12 nitrogen and oxygen atoms in total. The summed E-state index contributed by atoms with van der Waals surface area (Å²) in [5.74, 6) is -0.678. The number of sulfonamides is 1. The second kappa shape index (κ2) is 12.0. The molecule has 0 aliphatic heterocycles.